The van der Waals surface area contributed by atoms with Crippen molar-refractivity contribution in [3.05, 3.63) is 70.4 Å². The second-order valence-electron chi connectivity index (χ2n) is 7.63. The first kappa shape index (κ1) is 18.1. The lowest BCUT2D eigenvalue weighted by Gasteiger charge is -2.18. The fourth-order valence-corrected chi connectivity index (χ4v) is 4.17. The monoisotopic (exact) mass is 369 g/mol. The fourth-order valence-electron chi connectivity index (χ4n) is 4.17. The van der Waals surface area contributed by atoms with Gasteiger partial charge in [-0.05, 0) is 44.2 Å². The summed E-state index contributed by atoms with van der Waals surface area (Å²) in [7, 11) is 2.14. The third-order valence-electron chi connectivity index (χ3n) is 5.66. The number of benzene rings is 2. The van der Waals surface area contributed by atoms with Crippen molar-refractivity contribution in [2.45, 2.75) is 32.4 Å². The van der Waals surface area contributed by atoms with Crippen LogP contribution in [-0.4, -0.2) is 29.6 Å². The van der Waals surface area contributed by atoms with Crippen LogP contribution in [0.25, 0.3) is 10.9 Å². The summed E-state index contributed by atoms with van der Waals surface area (Å²) in [5.41, 5.74) is 11.8. The molecule has 0 saturated heterocycles. The molecule has 0 fully saturated rings. The quantitative estimate of drug-likeness (QED) is 0.758. The Kier molecular flexibility index (Phi) is 4.74. The Labute approximate surface area is 158 Å². The van der Waals surface area contributed by atoms with E-state index >= 15 is 0 Å². The summed E-state index contributed by atoms with van der Waals surface area (Å²) >= 11 is 0. The molecule has 0 saturated carbocycles. The number of nitrogens with zero attached hydrogens (tertiary/aromatic N) is 2. The Bertz CT molecular complexity index is 993. The molecule has 0 bridgehead atoms. The Morgan fingerprint density at radius 2 is 1.85 bits per heavy atom. The largest absolute Gasteiger partial charge is 0.342 e. The Morgan fingerprint density at radius 3 is 2.63 bits per heavy atom. The first-order valence-corrected chi connectivity index (χ1v) is 9.43. The molecule has 2 N–H and O–H groups in total. The number of hydrogen-bond donors (Lipinski definition) is 1. The van der Waals surface area contributed by atoms with Crippen LogP contribution in [0.5, 0.6) is 0 Å². The summed E-state index contributed by atoms with van der Waals surface area (Å²) in [6.07, 6.45) is 1.94. The Hall–Kier alpha value is -2.24. The van der Waals surface area contributed by atoms with E-state index in [0.29, 0.717) is 12.1 Å². The number of aryl methyl sites for hydroxylation is 1. The van der Waals surface area contributed by atoms with Crippen LogP contribution in [0.15, 0.2) is 36.4 Å². The summed E-state index contributed by atoms with van der Waals surface area (Å²) in [5, 5.41) is 1.27. The van der Waals surface area contributed by atoms with Gasteiger partial charge in [-0.1, -0.05) is 17.7 Å². The van der Waals surface area contributed by atoms with E-state index in [-0.39, 0.29) is 0 Å². The van der Waals surface area contributed by atoms with Crippen LogP contribution in [0.1, 0.15) is 28.4 Å². The Balaban J connectivity index is 1.79. The van der Waals surface area contributed by atoms with E-state index in [2.05, 4.69) is 41.6 Å². The van der Waals surface area contributed by atoms with Crippen molar-refractivity contribution in [2.24, 2.45) is 5.73 Å². The molecule has 3 aromatic rings. The average molecular weight is 369 g/mol. The molecule has 2 heterocycles. The molecule has 27 heavy (non-hydrogen) atoms. The zero-order valence-electron chi connectivity index (χ0n) is 15.8. The van der Waals surface area contributed by atoms with Crippen molar-refractivity contribution in [2.75, 3.05) is 20.1 Å². The number of halogens is 2. The van der Waals surface area contributed by atoms with Crippen LogP contribution in [0.2, 0.25) is 0 Å². The third kappa shape index (κ3) is 3.37. The summed E-state index contributed by atoms with van der Waals surface area (Å²) in [4.78, 5) is 2.34. The van der Waals surface area contributed by atoms with Crippen LogP contribution >= 0.6 is 0 Å². The van der Waals surface area contributed by atoms with E-state index < -0.39 is 17.7 Å². The molecular weight excluding hydrogens is 344 g/mol. The minimum atomic E-state index is -0.583. The predicted molar refractivity (Wildman–Crippen MR) is 105 cm³/mol. The minimum absolute atomic E-state index is 0.352. The van der Waals surface area contributed by atoms with Gasteiger partial charge < -0.3 is 15.2 Å². The summed E-state index contributed by atoms with van der Waals surface area (Å²) < 4.78 is 29.7. The molecule has 142 valence electrons. The van der Waals surface area contributed by atoms with Gasteiger partial charge >= 0.3 is 0 Å². The van der Waals surface area contributed by atoms with Crippen molar-refractivity contribution in [1.29, 1.82) is 0 Å². The number of likely N-dealkylation sites (N-methyl/N-ethyl adjacent to an activating group) is 1. The maximum atomic E-state index is 14.2. The van der Waals surface area contributed by atoms with Gasteiger partial charge in [-0.15, -0.1) is 0 Å². The SMILES string of the molecule is Cc1ccc2c(c1)c1c(n2CC(N)c2ccc(F)cc2F)CCN(C)CC1. The first-order valence-electron chi connectivity index (χ1n) is 9.43. The maximum absolute atomic E-state index is 14.2. The Morgan fingerprint density at radius 1 is 1.07 bits per heavy atom. The highest BCUT2D eigenvalue weighted by Gasteiger charge is 2.23. The second kappa shape index (κ2) is 7.06. The van der Waals surface area contributed by atoms with Crippen LogP contribution in [0.4, 0.5) is 8.78 Å². The molecule has 1 aliphatic rings. The molecule has 5 heteroatoms. The summed E-state index contributed by atoms with van der Waals surface area (Å²) in [6, 6.07) is 9.57. The summed E-state index contributed by atoms with van der Waals surface area (Å²) in [6.45, 7) is 4.59. The number of fused-ring (bicyclic) bond motifs is 3. The van der Waals surface area contributed by atoms with Crippen molar-refractivity contribution in [3.63, 3.8) is 0 Å². The van der Waals surface area contributed by atoms with Gasteiger partial charge in [-0.25, -0.2) is 8.78 Å². The average Bonchev–Trinajstić information content (AvgIpc) is 2.75. The van der Waals surface area contributed by atoms with E-state index in [4.69, 9.17) is 5.73 Å². The predicted octanol–water partition coefficient (Wildman–Crippen LogP) is 3.96. The molecule has 2 aromatic carbocycles. The minimum Gasteiger partial charge on any atom is -0.342 e. The van der Waals surface area contributed by atoms with Gasteiger partial charge in [0.1, 0.15) is 11.6 Å². The van der Waals surface area contributed by atoms with Gasteiger partial charge in [-0.3, -0.25) is 0 Å². The molecule has 1 unspecified atom stereocenters. The number of hydrogen-bond acceptors (Lipinski definition) is 2. The van der Waals surface area contributed by atoms with Crippen molar-refractivity contribution >= 4 is 10.9 Å². The van der Waals surface area contributed by atoms with Crippen molar-refractivity contribution in [1.82, 2.24) is 9.47 Å². The molecular formula is C22H25F2N3. The second-order valence-corrected chi connectivity index (χ2v) is 7.63. The third-order valence-corrected chi connectivity index (χ3v) is 5.66. The van der Waals surface area contributed by atoms with Crippen LogP contribution in [0, 0.1) is 18.6 Å². The van der Waals surface area contributed by atoms with E-state index in [9.17, 15) is 8.78 Å². The van der Waals surface area contributed by atoms with Crippen molar-refractivity contribution < 1.29 is 8.78 Å². The normalized spacial score (nSPS) is 16.3. The van der Waals surface area contributed by atoms with E-state index in [1.54, 1.807) is 0 Å². The zero-order valence-corrected chi connectivity index (χ0v) is 15.8. The van der Waals surface area contributed by atoms with Gasteiger partial charge in [0.25, 0.3) is 0 Å². The van der Waals surface area contributed by atoms with Gasteiger partial charge in [-0.2, -0.15) is 0 Å². The number of rotatable bonds is 3. The lowest BCUT2D eigenvalue weighted by atomic mass is 10.1. The molecule has 3 nitrogen and oxygen atoms in total. The molecule has 4 rings (SSSR count). The van der Waals surface area contributed by atoms with E-state index in [0.717, 1.165) is 37.5 Å². The van der Waals surface area contributed by atoms with Crippen LogP contribution in [-0.2, 0) is 19.4 Å². The maximum Gasteiger partial charge on any atom is 0.130 e. The van der Waals surface area contributed by atoms with Gasteiger partial charge in [0, 0.05) is 54.3 Å². The molecule has 1 atom stereocenters. The molecule has 1 aliphatic heterocycles. The van der Waals surface area contributed by atoms with Crippen LogP contribution in [0.3, 0.4) is 0 Å². The topological polar surface area (TPSA) is 34.2 Å². The summed E-state index contributed by atoms with van der Waals surface area (Å²) in [5.74, 6) is -1.16. The molecule has 0 aliphatic carbocycles. The lowest BCUT2D eigenvalue weighted by molar-refractivity contribution is 0.350. The number of nitrogens with two attached hydrogens (primary N) is 1. The van der Waals surface area contributed by atoms with E-state index in [1.807, 2.05) is 0 Å². The molecule has 0 radical (unpaired) electrons. The smallest absolute Gasteiger partial charge is 0.130 e. The van der Waals surface area contributed by atoms with Crippen molar-refractivity contribution in [3.8, 4) is 0 Å². The van der Waals surface area contributed by atoms with Gasteiger partial charge in [0.05, 0.1) is 6.04 Å². The fraction of sp³-hybridized carbons (Fsp3) is 0.364. The lowest BCUT2D eigenvalue weighted by Crippen LogP contribution is -2.23. The first-order chi connectivity index (χ1) is 12.9. The molecule has 0 spiro atoms. The molecule has 0 amide bonds. The standard InChI is InChI=1S/C22H25F2N3/c1-14-3-6-21-18(11-14)16-7-9-26(2)10-8-22(16)27(21)13-20(25)17-5-4-15(23)12-19(17)24/h3-6,11-12,20H,7-10,13,25H2,1-2H3. The van der Waals surface area contributed by atoms with Crippen LogP contribution < -0.4 is 5.73 Å². The zero-order chi connectivity index (χ0) is 19.1. The number of aromatic nitrogens is 1. The van der Waals surface area contributed by atoms with Gasteiger partial charge in [0.2, 0.25) is 0 Å². The highest BCUT2D eigenvalue weighted by atomic mass is 19.1. The highest BCUT2D eigenvalue weighted by molar-refractivity contribution is 5.86. The molecule has 1 aromatic heterocycles. The van der Waals surface area contributed by atoms with E-state index in [1.165, 1.54) is 34.3 Å². The van der Waals surface area contributed by atoms with Gasteiger partial charge in [0.15, 0.2) is 0 Å². The highest BCUT2D eigenvalue weighted by Crippen LogP contribution is 2.31.